The number of hydrogen-bond donors (Lipinski definition) is 2. The summed E-state index contributed by atoms with van der Waals surface area (Å²) in [5, 5.41) is 15.1. The second kappa shape index (κ2) is 11.1. The topological polar surface area (TPSA) is 93.2 Å². The molecule has 0 aliphatic rings. The van der Waals surface area contributed by atoms with Crippen molar-refractivity contribution in [1.82, 2.24) is 30.6 Å². The molecule has 33 heavy (non-hydrogen) atoms. The smallest absolute Gasteiger partial charge is 0.257 e. The number of rotatable bonds is 9. The van der Waals surface area contributed by atoms with Crippen LogP contribution in [0.4, 0.5) is 0 Å². The Labute approximate surface area is 193 Å². The Kier molecular flexibility index (Phi) is 7.48. The monoisotopic (exact) mass is 443 g/mol. The lowest BCUT2D eigenvalue weighted by atomic mass is 10.1. The number of guanidine groups is 1. The first-order chi connectivity index (χ1) is 16.2. The molecule has 0 aliphatic carbocycles. The normalized spacial score (nSPS) is 11.5. The van der Waals surface area contributed by atoms with Crippen molar-refractivity contribution in [3.8, 4) is 11.5 Å². The van der Waals surface area contributed by atoms with Gasteiger partial charge < -0.3 is 15.2 Å². The number of aromatic nitrogens is 4. The van der Waals surface area contributed by atoms with Crippen LogP contribution in [0.2, 0.25) is 0 Å². The summed E-state index contributed by atoms with van der Waals surface area (Å²) < 4.78 is 7.24. The molecule has 0 unspecified atom stereocenters. The second-order valence-electron chi connectivity index (χ2n) is 7.64. The highest BCUT2D eigenvalue weighted by Gasteiger charge is 2.08. The lowest BCUT2D eigenvalue weighted by Crippen LogP contribution is -2.38. The minimum absolute atomic E-state index is 0.564. The zero-order valence-corrected chi connectivity index (χ0v) is 19.0. The van der Waals surface area contributed by atoms with Gasteiger partial charge in [-0.3, -0.25) is 9.67 Å². The molecule has 2 aromatic carbocycles. The Morgan fingerprint density at radius 2 is 1.85 bits per heavy atom. The molecule has 0 aliphatic heterocycles. The maximum Gasteiger partial charge on any atom is 0.257 e. The van der Waals surface area contributed by atoms with Crippen molar-refractivity contribution in [2.24, 2.45) is 4.99 Å². The SMILES string of the molecule is CCc1noc(-c2ccc(CCNC(=NC)NCc3ccccc3Cn3cccn3)cc2)n1. The van der Waals surface area contributed by atoms with E-state index in [4.69, 9.17) is 4.52 Å². The van der Waals surface area contributed by atoms with E-state index in [-0.39, 0.29) is 0 Å². The fraction of sp³-hybridized carbons (Fsp3) is 0.280. The number of aliphatic imine (C=N–C) groups is 1. The molecule has 2 aromatic heterocycles. The van der Waals surface area contributed by atoms with Crippen molar-refractivity contribution in [3.05, 3.63) is 89.5 Å². The number of nitrogens with one attached hydrogen (secondary N) is 2. The fourth-order valence-electron chi connectivity index (χ4n) is 3.51. The van der Waals surface area contributed by atoms with Crippen LogP contribution in [-0.4, -0.2) is 39.5 Å². The standard InChI is InChI=1S/C25H29N7O/c1-3-23-30-24(33-31-23)20-11-9-19(10-12-20)13-15-27-25(26-2)28-17-21-7-4-5-8-22(21)18-32-16-6-14-29-32/h4-12,14,16H,3,13,15,17-18H2,1-2H3,(H2,26,27,28). The molecule has 8 nitrogen and oxygen atoms in total. The molecule has 4 rings (SSSR count). The Morgan fingerprint density at radius 3 is 2.55 bits per heavy atom. The van der Waals surface area contributed by atoms with E-state index >= 15 is 0 Å². The Hall–Kier alpha value is -3.94. The van der Waals surface area contributed by atoms with E-state index in [2.05, 4.69) is 67.3 Å². The quantitative estimate of drug-likeness (QED) is 0.304. The van der Waals surface area contributed by atoms with Crippen molar-refractivity contribution >= 4 is 5.96 Å². The molecule has 0 saturated carbocycles. The van der Waals surface area contributed by atoms with Gasteiger partial charge in [-0.2, -0.15) is 10.1 Å². The van der Waals surface area contributed by atoms with Gasteiger partial charge in [0.15, 0.2) is 11.8 Å². The number of aryl methyl sites for hydroxylation is 1. The minimum atomic E-state index is 0.564. The molecule has 2 N–H and O–H groups in total. The summed E-state index contributed by atoms with van der Waals surface area (Å²) in [5.41, 5.74) is 4.61. The average molecular weight is 444 g/mol. The highest BCUT2D eigenvalue weighted by molar-refractivity contribution is 5.79. The van der Waals surface area contributed by atoms with Crippen LogP contribution in [0.1, 0.15) is 29.4 Å². The van der Waals surface area contributed by atoms with Crippen molar-refractivity contribution in [2.45, 2.75) is 32.9 Å². The molecule has 4 aromatic rings. The number of hydrogen-bond acceptors (Lipinski definition) is 5. The Morgan fingerprint density at radius 1 is 1.03 bits per heavy atom. The highest BCUT2D eigenvalue weighted by Crippen LogP contribution is 2.18. The van der Waals surface area contributed by atoms with E-state index in [1.54, 1.807) is 13.2 Å². The van der Waals surface area contributed by atoms with Crippen LogP contribution >= 0.6 is 0 Å². The average Bonchev–Trinajstić information content (AvgIpc) is 3.55. The van der Waals surface area contributed by atoms with Crippen molar-refractivity contribution in [2.75, 3.05) is 13.6 Å². The molecule has 0 amide bonds. The molecule has 0 fully saturated rings. The minimum Gasteiger partial charge on any atom is -0.356 e. The van der Waals surface area contributed by atoms with Crippen LogP contribution in [0, 0.1) is 0 Å². The van der Waals surface area contributed by atoms with Gasteiger partial charge in [-0.15, -0.1) is 0 Å². The van der Waals surface area contributed by atoms with Gasteiger partial charge in [0.25, 0.3) is 5.89 Å². The van der Waals surface area contributed by atoms with E-state index in [9.17, 15) is 0 Å². The zero-order valence-electron chi connectivity index (χ0n) is 19.0. The summed E-state index contributed by atoms with van der Waals surface area (Å²) in [5.74, 6) is 2.06. The van der Waals surface area contributed by atoms with Gasteiger partial charge in [0.2, 0.25) is 0 Å². The Bertz CT molecular complexity index is 1160. The molecule has 0 spiro atoms. The first kappa shape index (κ1) is 22.3. The fourth-order valence-corrected chi connectivity index (χ4v) is 3.51. The van der Waals surface area contributed by atoms with Crippen LogP contribution in [-0.2, 0) is 25.9 Å². The predicted octanol–water partition coefficient (Wildman–Crippen LogP) is 3.45. The van der Waals surface area contributed by atoms with Gasteiger partial charge in [0.05, 0.1) is 6.54 Å². The first-order valence-corrected chi connectivity index (χ1v) is 11.2. The van der Waals surface area contributed by atoms with E-state index in [0.717, 1.165) is 43.3 Å². The summed E-state index contributed by atoms with van der Waals surface area (Å²) in [7, 11) is 1.79. The predicted molar refractivity (Wildman–Crippen MR) is 129 cm³/mol. The van der Waals surface area contributed by atoms with Crippen LogP contribution in [0.25, 0.3) is 11.5 Å². The molecular formula is C25H29N7O. The van der Waals surface area contributed by atoms with E-state index < -0.39 is 0 Å². The summed E-state index contributed by atoms with van der Waals surface area (Å²) in [6, 6.07) is 18.5. The van der Waals surface area contributed by atoms with Crippen LogP contribution in [0.3, 0.4) is 0 Å². The van der Waals surface area contributed by atoms with Crippen molar-refractivity contribution in [1.29, 1.82) is 0 Å². The van der Waals surface area contributed by atoms with Gasteiger partial charge in [-0.25, -0.2) is 0 Å². The zero-order chi connectivity index (χ0) is 22.9. The van der Waals surface area contributed by atoms with Crippen LogP contribution in [0.15, 0.2) is 76.5 Å². The molecule has 170 valence electrons. The van der Waals surface area contributed by atoms with E-state index in [0.29, 0.717) is 12.4 Å². The first-order valence-electron chi connectivity index (χ1n) is 11.2. The molecular weight excluding hydrogens is 414 g/mol. The third-order valence-corrected chi connectivity index (χ3v) is 5.37. The molecule has 2 heterocycles. The van der Waals surface area contributed by atoms with Gasteiger partial charge in [0, 0.05) is 44.5 Å². The van der Waals surface area contributed by atoms with Gasteiger partial charge in [-0.05, 0) is 41.3 Å². The van der Waals surface area contributed by atoms with Gasteiger partial charge in [-0.1, -0.05) is 48.5 Å². The van der Waals surface area contributed by atoms with Gasteiger partial charge >= 0.3 is 0 Å². The summed E-state index contributed by atoms with van der Waals surface area (Å²) >= 11 is 0. The molecule has 0 atom stereocenters. The largest absolute Gasteiger partial charge is 0.356 e. The maximum absolute atomic E-state index is 5.31. The molecule has 8 heteroatoms. The van der Waals surface area contributed by atoms with Crippen molar-refractivity contribution < 1.29 is 4.52 Å². The van der Waals surface area contributed by atoms with Crippen molar-refractivity contribution in [3.63, 3.8) is 0 Å². The van der Waals surface area contributed by atoms with Crippen LogP contribution in [0.5, 0.6) is 0 Å². The van der Waals surface area contributed by atoms with E-state index in [1.807, 2.05) is 36.0 Å². The lowest BCUT2D eigenvalue weighted by Gasteiger charge is -2.14. The van der Waals surface area contributed by atoms with Crippen LogP contribution < -0.4 is 10.6 Å². The summed E-state index contributed by atoms with van der Waals surface area (Å²) in [6.45, 7) is 4.22. The lowest BCUT2D eigenvalue weighted by molar-refractivity contribution is 0.423. The molecule has 0 saturated heterocycles. The number of benzene rings is 2. The summed E-state index contributed by atoms with van der Waals surface area (Å²) in [4.78, 5) is 8.73. The second-order valence-corrected chi connectivity index (χ2v) is 7.64. The Balaban J connectivity index is 1.26. The van der Waals surface area contributed by atoms with Gasteiger partial charge in [0.1, 0.15) is 0 Å². The number of nitrogens with zero attached hydrogens (tertiary/aromatic N) is 5. The molecule has 0 radical (unpaired) electrons. The third kappa shape index (κ3) is 6.06. The highest BCUT2D eigenvalue weighted by atomic mass is 16.5. The summed E-state index contributed by atoms with van der Waals surface area (Å²) in [6.07, 6.45) is 5.41. The molecule has 0 bridgehead atoms. The third-order valence-electron chi connectivity index (χ3n) is 5.37. The maximum atomic E-state index is 5.31. The van der Waals surface area contributed by atoms with E-state index in [1.165, 1.54) is 16.7 Å².